The first kappa shape index (κ1) is 17.5. The van der Waals surface area contributed by atoms with Crippen LogP contribution in [0.15, 0.2) is 6.07 Å². The lowest BCUT2D eigenvalue weighted by Gasteiger charge is -2.35. The molecule has 3 aliphatic rings. The molecule has 1 saturated carbocycles. The number of aryl methyl sites for hydroxylation is 2. The molecule has 1 saturated heterocycles. The molecule has 0 radical (unpaired) electrons. The van der Waals surface area contributed by atoms with Gasteiger partial charge in [0.2, 0.25) is 0 Å². The lowest BCUT2D eigenvalue weighted by atomic mass is 9.88. The fraction of sp³-hybridized carbons (Fsp3) is 0.762. The van der Waals surface area contributed by atoms with Crippen LogP contribution in [0.2, 0.25) is 0 Å². The van der Waals surface area contributed by atoms with Crippen molar-refractivity contribution in [1.29, 1.82) is 0 Å². The maximum atomic E-state index is 12.6. The smallest absolute Gasteiger partial charge is 0.261 e. The molecule has 0 bridgehead atoms. The van der Waals surface area contributed by atoms with Crippen LogP contribution in [0, 0.1) is 5.92 Å². The van der Waals surface area contributed by atoms with E-state index < -0.39 is 0 Å². The van der Waals surface area contributed by atoms with Crippen LogP contribution in [0.4, 0.5) is 0 Å². The van der Waals surface area contributed by atoms with Crippen LogP contribution < -0.4 is 5.32 Å². The fourth-order valence-electron chi connectivity index (χ4n) is 4.85. The Kier molecular flexibility index (Phi) is 5.76. The van der Waals surface area contributed by atoms with Gasteiger partial charge in [-0.05, 0) is 68.9 Å². The Bertz CT molecular complexity index is 559. The molecule has 2 heterocycles. The quantitative estimate of drug-likeness (QED) is 0.863. The first-order chi connectivity index (χ1) is 12.3. The zero-order chi connectivity index (χ0) is 17.1. The van der Waals surface area contributed by atoms with Gasteiger partial charge in [-0.15, -0.1) is 11.3 Å². The Hall–Kier alpha value is -0.870. The average Bonchev–Trinajstić information content (AvgIpc) is 3.09. The minimum atomic E-state index is 0.171. The molecular formula is C21H32N2OS. The van der Waals surface area contributed by atoms with E-state index in [-0.39, 0.29) is 5.91 Å². The highest BCUT2D eigenvalue weighted by Crippen LogP contribution is 2.30. The van der Waals surface area contributed by atoms with Gasteiger partial charge >= 0.3 is 0 Å². The van der Waals surface area contributed by atoms with Gasteiger partial charge in [-0.3, -0.25) is 4.79 Å². The number of carbonyl (C=O) groups is 1. The van der Waals surface area contributed by atoms with E-state index in [1.807, 2.05) is 0 Å². The molecule has 4 rings (SSSR count). The zero-order valence-electron chi connectivity index (χ0n) is 15.4. The number of thiophene rings is 1. The molecule has 3 nitrogen and oxygen atoms in total. The zero-order valence-corrected chi connectivity index (χ0v) is 16.2. The SMILES string of the molecule is O=C(NC1CCN(CC2CCCCC2)CC1)c1cc2c(s1)CCCC2. The number of hydrogen-bond donors (Lipinski definition) is 1. The summed E-state index contributed by atoms with van der Waals surface area (Å²) in [6.07, 6.45) is 14.3. The van der Waals surface area contributed by atoms with Crippen LogP contribution in [0.3, 0.4) is 0 Å². The lowest BCUT2D eigenvalue weighted by molar-refractivity contribution is 0.0905. The second-order valence-corrected chi connectivity index (χ2v) is 9.46. The predicted molar refractivity (Wildman–Crippen MR) is 104 cm³/mol. The number of likely N-dealkylation sites (tertiary alicyclic amines) is 1. The van der Waals surface area contributed by atoms with Crippen molar-refractivity contribution < 1.29 is 4.79 Å². The Morgan fingerprint density at radius 2 is 1.80 bits per heavy atom. The summed E-state index contributed by atoms with van der Waals surface area (Å²) in [6.45, 7) is 3.60. The molecule has 0 aromatic carbocycles. The van der Waals surface area contributed by atoms with E-state index in [4.69, 9.17) is 0 Å². The van der Waals surface area contributed by atoms with E-state index in [1.54, 1.807) is 11.3 Å². The molecule has 0 atom stereocenters. The van der Waals surface area contributed by atoms with Crippen molar-refractivity contribution in [3.8, 4) is 0 Å². The normalized spacial score (nSPS) is 23.4. The third-order valence-electron chi connectivity index (χ3n) is 6.38. The minimum Gasteiger partial charge on any atom is -0.349 e. The van der Waals surface area contributed by atoms with Gasteiger partial charge in [-0.25, -0.2) is 0 Å². The van der Waals surface area contributed by atoms with Crippen molar-refractivity contribution in [3.63, 3.8) is 0 Å². The molecule has 0 unspecified atom stereocenters. The monoisotopic (exact) mass is 360 g/mol. The third-order valence-corrected chi connectivity index (χ3v) is 7.62. The van der Waals surface area contributed by atoms with Crippen molar-refractivity contribution in [2.45, 2.75) is 76.7 Å². The first-order valence-corrected chi connectivity index (χ1v) is 11.2. The third kappa shape index (κ3) is 4.46. The minimum absolute atomic E-state index is 0.171. The van der Waals surface area contributed by atoms with Gasteiger partial charge in [-0.1, -0.05) is 19.3 Å². The Labute approximate surface area is 156 Å². The van der Waals surface area contributed by atoms with E-state index >= 15 is 0 Å². The molecule has 2 aliphatic carbocycles. The van der Waals surface area contributed by atoms with E-state index in [9.17, 15) is 4.79 Å². The van der Waals surface area contributed by atoms with Crippen LogP contribution in [-0.2, 0) is 12.8 Å². The highest BCUT2D eigenvalue weighted by atomic mass is 32.1. The number of nitrogens with one attached hydrogen (secondary N) is 1. The number of fused-ring (bicyclic) bond motifs is 1. The van der Waals surface area contributed by atoms with Crippen LogP contribution in [0.25, 0.3) is 0 Å². The van der Waals surface area contributed by atoms with Crippen molar-refractivity contribution in [2.24, 2.45) is 5.92 Å². The molecule has 4 heteroatoms. The van der Waals surface area contributed by atoms with E-state index in [0.29, 0.717) is 6.04 Å². The van der Waals surface area contributed by atoms with Crippen molar-refractivity contribution >= 4 is 17.2 Å². The molecule has 1 amide bonds. The van der Waals surface area contributed by atoms with Gasteiger partial charge in [0.1, 0.15) is 0 Å². The summed E-state index contributed by atoms with van der Waals surface area (Å²) in [5, 5.41) is 3.31. The molecule has 138 valence electrons. The highest BCUT2D eigenvalue weighted by molar-refractivity contribution is 7.14. The lowest BCUT2D eigenvalue weighted by Crippen LogP contribution is -2.45. The summed E-state index contributed by atoms with van der Waals surface area (Å²) in [4.78, 5) is 17.7. The van der Waals surface area contributed by atoms with Gasteiger partial charge in [0.25, 0.3) is 5.91 Å². The maximum Gasteiger partial charge on any atom is 0.261 e. The van der Waals surface area contributed by atoms with Gasteiger partial charge in [-0.2, -0.15) is 0 Å². The number of amides is 1. The number of piperidine rings is 1. The second kappa shape index (κ2) is 8.22. The van der Waals surface area contributed by atoms with Gasteiger partial charge in [0, 0.05) is 30.6 Å². The molecule has 1 aromatic rings. The highest BCUT2D eigenvalue weighted by Gasteiger charge is 2.25. The number of carbonyl (C=O) groups excluding carboxylic acids is 1. The topological polar surface area (TPSA) is 32.3 Å². The largest absolute Gasteiger partial charge is 0.349 e. The van der Waals surface area contributed by atoms with E-state index in [0.717, 1.165) is 36.7 Å². The molecule has 1 aliphatic heterocycles. The standard InChI is InChI=1S/C21H32N2OS/c24-21(20-14-17-8-4-5-9-19(17)25-20)22-18-10-12-23(13-11-18)15-16-6-2-1-3-7-16/h14,16,18H,1-13,15H2,(H,22,24). The molecule has 25 heavy (non-hydrogen) atoms. The molecule has 1 aromatic heterocycles. The summed E-state index contributed by atoms with van der Waals surface area (Å²) < 4.78 is 0. The van der Waals surface area contributed by atoms with E-state index in [2.05, 4.69) is 16.3 Å². The number of hydrogen-bond acceptors (Lipinski definition) is 3. The van der Waals surface area contributed by atoms with Crippen LogP contribution in [0.1, 0.15) is 77.9 Å². The molecule has 2 fully saturated rings. The Morgan fingerprint density at radius 3 is 2.56 bits per heavy atom. The average molecular weight is 361 g/mol. The summed E-state index contributed by atoms with van der Waals surface area (Å²) >= 11 is 1.73. The molecule has 1 N–H and O–H groups in total. The summed E-state index contributed by atoms with van der Waals surface area (Å²) in [7, 11) is 0. The van der Waals surface area contributed by atoms with E-state index in [1.165, 1.54) is 74.8 Å². The van der Waals surface area contributed by atoms with Crippen molar-refractivity contribution in [2.75, 3.05) is 19.6 Å². The number of nitrogens with zero attached hydrogens (tertiary/aromatic N) is 1. The van der Waals surface area contributed by atoms with Crippen LogP contribution >= 0.6 is 11.3 Å². The van der Waals surface area contributed by atoms with Crippen molar-refractivity contribution in [1.82, 2.24) is 10.2 Å². The van der Waals surface area contributed by atoms with Gasteiger partial charge in [0.15, 0.2) is 0 Å². The molecular weight excluding hydrogens is 328 g/mol. The van der Waals surface area contributed by atoms with Crippen molar-refractivity contribution in [3.05, 3.63) is 21.4 Å². The van der Waals surface area contributed by atoms with Crippen LogP contribution in [-0.4, -0.2) is 36.5 Å². The molecule has 0 spiro atoms. The fourth-order valence-corrected chi connectivity index (χ4v) is 6.01. The van der Waals surface area contributed by atoms with Gasteiger partial charge < -0.3 is 10.2 Å². The predicted octanol–water partition coefficient (Wildman–Crippen LogP) is 4.40. The Balaban J connectivity index is 1.24. The second-order valence-electron chi connectivity index (χ2n) is 8.32. The van der Waals surface area contributed by atoms with Gasteiger partial charge in [0.05, 0.1) is 4.88 Å². The summed E-state index contributed by atoms with van der Waals surface area (Å²) in [5.41, 5.74) is 1.43. The van der Waals surface area contributed by atoms with Crippen LogP contribution in [0.5, 0.6) is 0 Å². The number of rotatable bonds is 4. The summed E-state index contributed by atoms with van der Waals surface area (Å²) in [6, 6.07) is 2.53. The summed E-state index contributed by atoms with van der Waals surface area (Å²) in [5.74, 6) is 1.10. The maximum absolute atomic E-state index is 12.6. The first-order valence-electron chi connectivity index (χ1n) is 10.4. The Morgan fingerprint density at radius 1 is 1.04 bits per heavy atom.